The van der Waals surface area contributed by atoms with Crippen molar-refractivity contribution in [3.63, 3.8) is 0 Å². The Morgan fingerprint density at radius 2 is 1.80 bits per heavy atom. The van der Waals surface area contributed by atoms with E-state index in [9.17, 15) is 17.6 Å². The first-order valence-electron chi connectivity index (χ1n) is 11.7. The molecule has 9 heteroatoms. The van der Waals surface area contributed by atoms with Crippen molar-refractivity contribution in [2.75, 3.05) is 24.7 Å². The lowest BCUT2D eigenvalue weighted by Crippen LogP contribution is -2.15. The van der Waals surface area contributed by atoms with Crippen LogP contribution in [0.5, 0.6) is 5.75 Å². The molecule has 0 spiro atoms. The number of halogens is 4. The van der Waals surface area contributed by atoms with Crippen molar-refractivity contribution in [2.45, 2.75) is 52.6 Å². The Bertz CT molecular complexity index is 1090. The van der Waals surface area contributed by atoms with Crippen molar-refractivity contribution in [2.24, 2.45) is 0 Å². The standard InChI is InChI=1S/C15H14F3N3O.C9H12FN.C2H6/c1-19-14-12-11(7-4-8-22-12)20-13(21-14)9-5-2-3-6-10(9)15(16,17)18;1-2-3-7-6-8(10)4-5-9(7)11;1-2/h2-3,5-6H,4,7-8H2,1H3,(H,19,20,21);4-6H,2-3,11H2,1H3;1-2H3. The third kappa shape index (κ3) is 7.31. The summed E-state index contributed by atoms with van der Waals surface area (Å²) in [6, 6.07) is 9.81. The normalized spacial score (nSPS) is 12.2. The van der Waals surface area contributed by atoms with Crippen LogP contribution < -0.4 is 15.8 Å². The number of nitrogens with zero attached hydrogens (tertiary/aromatic N) is 2. The van der Waals surface area contributed by atoms with Crippen LogP contribution in [0.25, 0.3) is 11.4 Å². The molecule has 5 nitrogen and oxygen atoms in total. The first kappa shape index (κ1) is 27.9. The van der Waals surface area contributed by atoms with E-state index in [-0.39, 0.29) is 17.2 Å². The second-order valence-electron chi connectivity index (χ2n) is 7.51. The van der Waals surface area contributed by atoms with Gasteiger partial charge in [0.2, 0.25) is 0 Å². The molecule has 0 atom stereocenters. The van der Waals surface area contributed by atoms with Gasteiger partial charge in [-0.25, -0.2) is 14.4 Å². The van der Waals surface area contributed by atoms with Gasteiger partial charge in [0.05, 0.1) is 17.9 Å². The largest absolute Gasteiger partial charge is 0.488 e. The molecule has 35 heavy (non-hydrogen) atoms. The highest BCUT2D eigenvalue weighted by molar-refractivity contribution is 5.66. The summed E-state index contributed by atoms with van der Waals surface area (Å²) < 4.78 is 57.6. The minimum atomic E-state index is -4.45. The van der Waals surface area contributed by atoms with Gasteiger partial charge in [-0.2, -0.15) is 13.2 Å². The predicted molar refractivity (Wildman–Crippen MR) is 132 cm³/mol. The minimum Gasteiger partial charge on any atom is -0.488 e. The monoisotopic (exact) mass is 492 g/mol. The number of anilines is 2. The number of hydrogen-bond acceptors (Lipinski definition) is 5. The van der Waals surface area contributed by atoms with E-state index in [1.807, 2.05) is 20.8 Å². The second-order valence-corrected chi connectivity index (χ2v) is 7.51. The Morgan fingerprint density at radius 1 is 1.09 bits per heavy atom. The Kier molecular flexibility index (Phi) is 10.3. The number of nitrogens with two attached hydrogens (primary N) is 1. The van der Waals surface area contributed by atoms with Gasteiger partial charge in [0, 0.05) is 18.3 Å². The molecule has 0 saturated carbocycles. The van der Waals surface area contributed by atoms with Gasteiger partial charge in [-0.1, -0.05) is 45.4 Å². The molecule has 0 fully saturated rings. The molecule has 190 valence electrons. The molecule has 1 aliphatic heterocycles. The van der Waals surface area contributed by atoms with Gasteiger partial charge in [0.25, 0.3) is 0 Å². The van der Waals surface area contributed by atoms with Crippen LogP contribution in [-0.2, 0) is 19.0 Å². The van der Waals surface area contributed by atoms with Crippen LogP contribution in [0.3, 0.4) is 0 Å². The van der Waals surface area contributed by atoms with Crippen molar-refractivity contribution in [1.29, 1.82) is 0 Å². The zero-order valence-corrected chi connectivity index (χ0v) is 20.5. The lowest BCUT2D eigenvalue weighted by atomic mass is 10.1. The molecule has 4 rings (SSSR count). The maximum Gasteiger partial charge on any atom is 0.417 e. The topological polar surface area (TPSA) is 73.1 Å². The molecular formula is C26H32F4N4O. The van der Waals surface area contributed by atoms with Crippen LogP contribution in [0.15, 0.2) is 42.5 Å². The Morgan fingerprint density at radius 3 is 2.46 bits per heavy atom. The Balaban J connectivity index is 0.000000280. The van der Waals surface area contributed by atoms with Crippen molar-refractivity contribution in [3.05, 3.63) is 65.1 Å². The highest BCUT2D eigenvalue weighted by atomic mass is 19.4. The lowest BCUT2D eigenvalue weighted by molar-refractivity contribution is -0.137. The summed E-state index contributed by atoms with van der Waals surface area (Å²) in [5, 5.41) is 2.87. The molecule has 1 aliphatic rings. The maximum absolute atomic E-state index is 13.2. The summed E-state index contributed by atoms with van der Waals surface area (Å²) in [7, 11) is 1.65. The van der Waals surface area contributed by atoms with Gasteiger partial charge in [0.15, 0.2) is 17.4 Å². The fourth-order valence-corrected chi connectivity index (χ4v) is 3.51. The SMILES string of the molecule is CC.CCCc1cc(F)ccc1N.CNc1nc(-c2ccccc2C(F)(F)F)nc2c1OCCC2. The molecule has 0 unspecified atom stereocenters. The first-order chi connectivity index (χ1) is 16.7. The second kappa shape index (κ2) is 12.9. The summed E-state index contributed by atoms with van der Waals surface area (Å²) in [5.74, 6) is 0.794. The van der Waals surface area contributed by atoms with E-state index in [4.69, 9.17) is 10.5 Å². The van der Waals surface area contributed by atoms with Gasteiger partial charge in [-0.3, -0.25) is 0 Å². The van der Waals surface area contributed by atoms with Crippen LogP contribution in [0.2, 0.25) is 0 Å². The fraction of sp³-hybridized carbons (Fsp3) is 0.385. The van der Waals surface area contributed by atoms with Crippen LogP contribution in [0.4, 0.5) is 29.1 Å². The molecule has 0 radical (unpaired) electrons. The molecular weight excluding hydrogens is 460 g/mol. The number of nitrogens with one attached hydrogen (secondary N) is 1. The number of benzene rings is 2. The van der Waals surface area contributed by atoms with Gasteiger partial charge >= 0.3 is 6.18 Å². The number of fused-ring (bicyclic) bond motifs is 1. The molecule has 0 aliphatic carbocycles. The predicted octanol–water partition coefficient (Wildman–Crippen LogP) is 6.92. The quantitative estimate of drug-likeness (QED) is 0.306. The summed E-state index contributed by atoms with van der Waals surface area (Å²) >= 11 is 0. The first-order valence-corrected chi connectivity index (χ1v) is 11.7. The third-order valence-electron chi connectivity index (χ3n) is 5.07. The van der Waals surface area contributed by atoms with E-state index >= 15 is 0 Å². The number of rotatable bonds is 4. The molecule has 2 aromatic carbocycles. The molecule has 3 aromatic rings. The van der Waals surface area contributed by atoms with E-state index < -0.39 is 11.7 Å². The molecule has 1 aromatic heterocycles. The number of aryl methyl sites for hydroxylation is 2. The highest BCUT2D eigenvalue weighted by Gasteiger charge is 2.34. The number of ether oxygens (including phenoxy) is 1. The van der Waals surface area contributed by atoms with Gasteiger partial charge < -0.3 is 15.8 Å². The average Bonchev–Trinajstić information content (AvgIpc) is 2.87. The summed E-state index contributed by atoms with van der Waals surface area (Å²) in [5.41, 5.74) is 7.07. The van der Waals surface area contributed by atoms with E-state index in [1.54, 1.807) is 19.2 Å². The number of nitrogen functional groups attached to an aromatic ring is 1. The molecule has 0 amide bonds. The van der Waals surface area contributed by atoms with Gasteiger partial charge in [-0.05, 0) is 49.1 Å². The number of hydrogen-bond donors (Lipinski definition) is 2. The summed E-state index contributed by atoms with van der Waals surface area (Å²) in [4.78, 5) is 8.49. The van der Waals surface area contributed by atoms with Crippen LogP contribution in [0, 0.1) is 5.82 Å². The number of aromatic nitrogens is 2. The Hall–Kier alpha value is -3.36. The Labute approximate surface area is 203 Å². The van der Waals surface area contributed by atoms with Crippen LogP contribution in [0.1, 0.15) is 50.4 Å². The van der Waals surface area contributed by atoms with E-state index in [2.05, 4.69) is 15.3 Å². The van der Waals surface area contributed by atoms with Crippen molar-refractivity contribution < 1.29 is 22.3 Å². The van der Waals surface area contributed by atoms with E-state index in [0.29, 0.717) is 36.0 Å². The molecule has 0 bridgehead atoms. The molecule has 3 N–H and O–H groups in total. The smallest absolute Gasteiger partial charge is 0.417 e. The van der Waals surface area contributed by atoms with Crippen LogP contribution in [-0.4, -0.2) is 23.6 Å². The summed E-state index contributed by atoms with van der Waals surface area (Å²) in [6.45, 7) is 6.61. The highest BCUT2D eigenvalue weighted by Crippen LogP contribution is 2.38. The van der Waals surface area contributed by atoms with Crippen molar-refractivity contribution in [3.8, 4) is 17.1 Å². The zero-order chi connectivity index (χ0) is 26.0. The van der Waals surface area contributed by atoms with Gasteiger partial charge in [0.1, 0.15) is 5.82 Å². The third-order valence-corrected chi connectivity index (χ3v) is 5.07. The van der Waals surface area contributed by atoms with Crippen molar-refractivity contribution in [1.82, 2.24) is 9.97 Å². The van der Waals surface area contributed by atoms with Crippen molar-refractivity contribution >= 4 is 11.5 Å². The maximum atomic E-state index is 13.2. The number of alkyl halides is 3. The zero-order valence-electron chi connectivity index (χ0n) is 20.5. The fourth-order valence-electron chi connectivity index (χ4n) is 3.51. The molecule has 0 saturated heterocycles. The lowest BCUT2D eigenvalue weighted by Gasteiger charge is -2.20. The minimum absolute atomic E-state index is 0.0279. The van der Waals surface area contributed by atoms with Crippen LogP contribution >= 0.6 is 0 Å². The van der Waals surface area contributed by atoms with E-state index in [1.165, 1.54) is 24.3 Å². The van der Waals surface area contributed by atoms with Gasteiger partial charge in [-0.15, -0.1) is 0 Å². The molecule has 2 heterocycles. The van der Waals surface area contributed by atoms with E-state index in [0.717, 1.165) is 30.9 Å². The summed E-state index contributed by atoms with van der Waals surface area (Å²) in [6.07, 6.45) is -1.16. The average molecular weight is 493 g/mol.